The molecule has 2 unspecified atom stereocenters. The molecule has 2 aliphatic rings. The van der Waals surface area contributed by atoms with Gasteiger partial charge in [0.25, 0.3) is 0 Å². The number of nitrogens with one attached hydrogen (secondary N) is 1. The van der Waals surface area contributed by atoms with E-state index in [9.17, 15) is 9.59 Å². The number of hydrogen-bond donors (Lipinski definition) is 2. The summed E-state index contributed by atoms with van der Waals surface area (Å²) in [6, 6.07) is 0.170. The molecule has 0 aromatic carbocycles. The topological polar surface area (TPSA) is 66.4 Å². The van der Waals surface area contributed by atoms with Gasteiger partial charge in [0.15, 0.2) is 0 Å². The molecule has 2 atom stereocenters. The van der Waals surface area contributed by atoms with Crippen molar-refractivity contribution in [1.29, 1.82) is 0 Å². The van der Waals surface area contributed by atoms with Gasteiger partial charge in [0.1, 0.15) is 5.41 Å². The summed E-state index contributed by atoms with van der Waals surface area (Å²) in [5.74, 6) is -0.188. The highest BCUT2D eigenvalue weighted by molar-refractivity contribution is 6.04. The van der Waals surface area contributed by atoms with E-state index in [2.05, 4.69) is 19.2 Å². The molecular formula is C14H23NO3. The van der Waals surface area contributed by atoms with Crippen molar-refractivity contribution in [2.75, 3.05) is 0 Å². The molecule has 4 nitrogen and oxygen atoms in total. The fourth-order valence-electron chi connectivity index (χ4n) is 3.11. The molecule has 18 heavy (non-hydrogen) atoms. The van der Waals surface area contributed by atoms with Crippen LogP contribution in [0.25, 0.3) is 0 Å². The summed E-state index contributed by atoms with van der Waals surface area (Å²) in [6.07, 6.45) is 5.47. The second kappa shape index (κ2) is 4.90. The van der Waals surface area contributed by atoms with E-state index in [1.807, 2.05) is 0 Å². The minimum absolute atomic E-state index is 0.170. The first-order valence-corrected chi connectivity index (χ1v) is 7.02. The van der Waals surface area contributed by atoms with Crippen LogP contribution in [0.3, 0.4) is 0 Å². The van der Waals surface area contributed by atoms with Gasteiger partial charge in [-0.1, -0.05) is 26.7 Å². The van der Waals surface area contributed by atoms with Gasteiger partial charge in [0.2, 0.25) is 5.91 Å². The van der Waals surface area contributed by atoms with Crippen molar-refractivity contribution >= 4 is 11.9 Å². The molecule has 0 aromatic heterocycles. The van der Waals surface area contributed by atoms with Crippen LogP contribution in [0.15, 0.2) is 0 Å². The lowest BCUT2D eigenvalue weighted by Crippen LogP contribution is -2.48. The third kappa shape index (κ3) is 2.38. The lowest BCUT2D eigenvalue weighted by atomic mass is 9.77. The minimum Gasteiger partial charge on any atom is -0.480 e. The number of hydrogen-bond acceptors (Lipinski definition) is 2. The molecule has 102 valence electrons. The second-order valence-electron chi connectivity index (χ2n) is 6.16. The zero-order valence-electron chi connectivity index (χ0n) is 11.2. The van der Waals surface area contributed by atoms with E-state index >= 15 is 0 Å². The number of carbonyl (C=O) groups is 2. The maximum Gasteiger partial charge on any atom is 0.319 e. The van der Waals surface area contributed by atoms with Gasteiger partial charge in [0, 0.05) is 6.04 Å². The average Bonchev–Trinajstić information content (AvgIpc) is 3.10. The second-order valence-corrected chi connectivity index (χ2v) is 6.16. The molecule has 4 heteroatoms. The summed E-state index contributed by atoms with van der Waals surface area (Å²) < 4.78 is 0. The van der Waals surface area contributed by atoms with Crippen LogP contribution in [-0.4, -0.2) is 23.0 Å². The van der Waals surface area contributed by atoms with E-state index in [-0.39, 0.29) is 11.9 Å². The van der Waals surface area contributed by atoms with E-state index in [1.165, 1.54) is 6.42 Å². The van der Waals surface area contributed by atoms with E-state index in [4.69, 9.17) is 5.11 Å². The molecule has 0 radical (unpaired) electrons. The Kier molecular flexibility index (Phi) is 3.64. The van der Waals surface area contributed by atoms with E-state index in [0.29, 0.717) is 24.7 Å². The quantitative estimate of drug-likeness (QED) is 0.755. The molecule has 2 rings (SSSR count). The summed E-state index contributed by atoms with van der Waals surface area (Å²) in [5, 5.41) is 12.1. The van der Waals surface area contributed by atoms with Crippen molar-refractivity contribution in [2.45, 2.75) is 58.4 Å². The van der Waals surface area contributed by atoms with E-state index < -0.39 is 11.4 Å². The van der Waals surface area contributed by atoms with Crippen molar-refractivity contribution in [3.8, 4) is 0 Å². The third-order valence-corrected chi connectivity index (χ3v) is 4.59. The lowest BCUT2D eigenvalue weighted by Gasteiger charge is -2.35. The van der Waals surface area contributed by atoms with E-state index in [1.54, 1.807) is 0 Å². The standard InChI is InChI=1S/C14H23NO3/c1-9(2)10-5-3-4-6-11(10)15-12(16)14(7-8-14)13(17)18/h9-11H,3-8H2,1-2H3,(H,15,16)(H,17,18). The van der Waals surface area contributed by atoms with Crippen molar-refractivity contribution in [3.05, 3.63) is 0 Å². The molecular weight excluding hydrogens is 230 g/mol. The van der Waals surface area contributed by atoms with Crippen LogP contribution in [0.4, 0.5) is 0 Å². The molecule has 0 saturated heterocycles. The molecule has 1 amide bonds. The van der Waals surface area contributed by atoms with Gasteiger partial charge < -0.3 is 10.4 Å². The van der Waals surface area contributed by atoms with Gasteiger partial charge in [-0.2, -0.15) is 0 Å². The van der Waals surface area contributed by atoms with Crippen molar-refractivity contribution in [2.24, 2.45) is 17.3 Å². The Bertz CT molecular complexity index is 347. The van der Waals surface area contributed by atoms with Gasteiger partial charge in [-0.05, 0) is 37.5 Å². The fourth-order valence-corrected chi connectivity index (χ4v) is 3.11. The highest BCUT2D eigenvalue weighted by Gasteiger charge is 2.57. The van der Waals surface area contributed by atoms with Crippen molar-refractivity contribution < 1.29 is 14.7 Å². The molecule has 2 saturated carbocycles. The molecule has 2 N–H and O–H groups in total. The molecule has 0 aliphatic heterocycles. The van der Waals surface area contributed by atoms with Gasteiger partial charge in [-0.25, -0.2) is 0 Å². The van der Waals surface area contributed by atoms with Crippen LogP contribution in [0, 0.1) is 17.3 Å². The van der Waals surface area contributed by atoms with Gasteiger partial charge in [0.05, 0.1) is 0 Å². The van der Waals surface area contributed by atoms with Crippen LogP contribution in [0.5, 0.6) is 0 Å². The van der Waals surface area contributed by atoms with Crippen molar-refractivity contribution in [3.63, 3.8) is 0 Å². The monoisotopic (exact) mass is 253 g/mol. The first-order valence-electron chi connectivity index (χ1n) is 7.02. The van der Waals surface area contributed by atoms with Crippen LogP contribution in [0.1, 0.15) is 52.4 Å². The van der Waals surface area contributed by atoms with Crippen LogP contribution < -0.4 is 5.32 Å². The Morgan fingerprint density at radius 3 is 2.33 bits per heavy atom. The fraction of sp³-hybridized carbons (Fsp3) is 0.857. The Morgan fingerprint density at radius 1 is 1.22 bits per heavy atom. The van der Waals surface area contributed by atoms with Gasteiger partial charge >= 0.3 is 5.97 Å². The minimum atomic E-state index is -1.10. The van der Waals surface area contributed by atoms with Crippen LogP contribution >= 0.6 is 0 Å². The van der Waals surface area contributed by atoms with Crippen molar-refractivity contribution in [1.82, 2.24) is 5.32 Å². The largest absolute Gasteiger partial charge is 0.480 e. The highest BCUT2D eigenvalue weighted by atomic mass is 16.4. The summed E-state index contributed by atoms with van der Waals surface area (Å²) in [6.45, 7) is 4.36. The number of rotatable bonds is 4. The normalized spacial score (nSPS) is 29.9. The predicted octanol–water partition coefficient (Wildman–Crippen LogP) is 2.18. The zero-order chi connectivity index (χ0) is 13.3. The lowest BCUT2D eigenvalue weighted by molar-refractivity contribution is -0.149. The number of carboxylic acid groups (broad SMARTS) is 1. The molecule has 0 aromatic rings. The third-order valence-electron chi connectivity index (χ3n) is 4.59. The highest BCUT2D eigenvalue weighted by Crippen LogP contribution is 2.46. The number of amides is 1. The maximum atomic E-state index is 12.1. The zero-order valence-corrected chi connectivity index (χ0v) is 11.2. The average molecular weight is 253 g/mol. The Morgan fingerprint density at radius 2 is 1.83 bits per heavy atom. The van der Waals surface area contributed by atoms with Gasteiger partial charge in [-0.3, -0.25) is 9.59 Å². The first kappa shape index (κ1) is 13.4. The van der Waals surface area contributed by atoms with Gasteiger partial charge in [-0.15, -0.1) is 0 Å². The molecule has 0 heterocycles. The number of aliphatic carboxylic acids is 1. The summed E-state index contributed by atoms with van der Waals surface area (Å²) in [7, 11) is 0. The van der Waals surface area contributed by atoms with Crippen LogP contribution in [0.2, 0.25) is 0 Å². The Hall–Kier alpha value is -1.06. The SMILES string of the molecule is CC(C)C1CCCCC1NC(=O)C1(C(=O)O)CC1. The molecule has 0 bridgehead atoms. The predicted molar refractivity (Wildman–Crippen MR) is 68.0 cm³/mol. The smallest absolute Gasteiger partial charge is 0.319 e. The number of carboxylic acids is 1. The molecule has 2 fully saturated rings. The van der Waals surface area contributed by atoms with E-state index in [0.717, 1.165) is 19.3 Å². The summed E-state index contributed by atoms with van der Waals surface area (Å²) >= 11 is 0. The Labute approximate surface area is 108 Å². The molecule has 0 spiro atoms. The van der Waals surface area contributed by atoms with Crippen LogP contribution in [-0.2, 0) is 9.59 Å². The summed E-state index contributed by atoms with van der Waals surface area (Å²) in [4.78, 5) is 23.2. The number of carbonyl (C=O) groups excluding carboxylic acids is 1. The summed E-state index contributed by atoms with van der Waals surface area (Å²) in [5.41, 5.74) is -1.10. The first-order chi connectivity index (χ1) is 8.47. The molecule has 2 aliphatic carbocycles. The maximum absolute atomic E-state index is 12.1. The Balaban J connectivity index is 1.99.